The molecule has 0 fully saturated rings. The van der Waals surface area contributed by atoms with Crippen molar-refractivity contribution in [1.82, 2.24) is 20.0 Å². The summed E-state index contributed by atoms with van der Waals surface area (Å²) >= 11 is 0. The van der Waals surface area contributed by atoms with Gasteiger partial charge >= 0.3 is 12.0 Å². The maximum atomic E-state index is 12.1. The van der Waals surface area contributed by atoms with Crippen LogP contribution < -0.4 is 5.32 Å². The van der Waals surface area contributed by atoms with Gasteiger partial charge in [-0.25, -0.2) is 9.59 Å². The number of rotatable bonds is 7. The van der Waals surface area contributed by atoms with Gasteiger partial charge in [-0.1, -0.05) is 13.8 Å². The highest BCUT2D eigenvalue weighted by molar-refractivity contribution is 5.82. The van der Waals surface area contributed by atoms with Crippen LogP contribution in [-0.4, -0.2) is 51.4 Å². The topological polar surface area (TPSA) is 87.5 Å². The van der Waals surface area contributed by atoms with Gasteiger partial charge in [0.05, 0.1) is 12.2 Å². The smallest absolute Gasteiger partial charge is 0.326 e. The number of hydrogen-bond donors (Lipinski definition) is 2. The average Bonchev–Trinajstić information content (AvgIpc) is 2.72. The third kappa shape index (κ3) is 5.38. The fourth-order valence-electron chi connectivity index (χ4n) is 2.20. The number of aryl methyl sites for hydroxylation is 2. The molecule has 1 aromatic rings. The average molecular weight is 310 g/mol. The molecule has 22 heavy (non-hydrogen) atoms. The monoisotopic (exact) mass is 310 g/mol. The predicted molar refractivity (Wildman–Crippen MR) is 83.7 cm³/mol. The number of carbonyl (C=O) groups excluding carboxylic acids is 1. The molecule has 1 rings (SSSR count). The van der Waals surface area contributed by atoms with Crippen LogP contribution in [0.3, 0.4) is 0 Å². The molecule has 7 heteroatoms. The molecular formula is C15H26N4O3. The molecule has 0 aromatic carbocycles. The Morgan fingerprint density at radius 1 is 1.41 bits per heavy atom. The maximum Gasteiger partial charge on any atom is 0.326 e. The van der Waals surface area contributed by atoms with Crippen LogP contribution >= 0.6 is 0 Å². The third-order valence-electron chi connectivity index (χ3n) is 3.40. The fourth-order valence-corrected chi connectivity index (χ4v) is 2.20. The molecule has 0 radical (unpaired) electrons. The van der Waals surface area contributed by atoms with E-state index in [-0.39, 0.29) is 11.9 Å². The molecule has 124 valence electrons. The van der Waals surface area contributed by atoms with Crippen molar-refractivity contribution in [1.29, 1.82) is 0 Å². The minimum atomic E-state index is -1.01. The van der Waals surface area contributed by atoms with Gasteiger partial charge in [0.1, 0.15) is 6.04 Å². The number of carboxylic acids is 1. The van der Waals surface area contributed by atoms with Crippen LogP contribution in [0.4, 0.5) is 4.79 Å². The number of likely N-dealkylation sites (N-methyl/N-ethyl adjacent to an activating group) is 1. The Hall–Kier alpha value is -2.05. The summed E-state index contributed by atoms with van der Waals surface area (Å²) < 4.78 is 1.84. The van der Waals surface area contributed by atoms with Gasteiger partial charge in [0.2, 0.25) is 0 Å². The number of nitrogens with zero attached hydrogens (tertiary/aromatic N) is 3. The Kier molecular flexibility index (Phi) is 6.39. The number of hydrogen-bond acceptors (Lipinski definition) is 3. The molecule has 1 atom stereocenters. The first-order valence-electron chi connectivity index (χ1n) is 7.46. The maximum absolute atomic E-state index is 12.1. The number of aliphatic carboxylic acids is 1. The van der Waals surface area contributed by atoms with Crippen molar-refractivity contribution in [2.75, 3.05) is 13.6 Å². The molecule has 7 nitrogen and oxygen atoms in total. The highest BCUT2D eigenvalue weighted by Crippen LogP contribution is 2.06. The van der Waals surface area contributed by atoms with Crippen molar-refractivity contribution >= 4 is 12.0 Å². The number of carboxylic acid groups (broad SMARTS) is 1. The number of aromatic nitrogens is 2. The highest BCUT2D eigenvalue weighted by Gasteiger charge is 2.22. The summed E-state index contributed by atoms with van der Waals surface area (Å²) in [6.07, 6.45) is 0.409. The van der Waals surface area contributed by atoms with Crippen molar-refractivity contribution in [2.24, 2.45) is 5.92 Å². The summed E-state index contributed by atoms with van der Waals surface area (Å²) in [5, 5.41) is 16.0. The minimum Gasteiger partial charge on any atom is -0.480 e. The zero-order valence-electron chi connectivity index (χ0n) is 14.0. The molecule has 1 aromatic heterocycles. The van der Waals surface area contributed by atoms with Gasteiger partial charge in [-0.2, -0.15) is 5.10 Å². The Balaban J connectivity index is 2.53. The van der Waals surface area contributed by atoms with E-state index in [9.17, 15) is 9.59 Å². The first-order chi connectivity index (χ1) is 10.2. The van der Waals surface area contributed by atoms with Gasteiger partial charge in [0.25, 0.3) is 0 Å². The lowest BCUT2D eigenvalue weighted by atomic mass is 10.0. The second kappa shape index (κ2) is 7.82. The minimum absolute atomic E-state index is 0.196. The molecule has 0 saturated heterocycles. The molecule has 0 saturated carbocycles. The van der Waals surface area contributed by atoms with Crippen molar-refractivity contribution in [2.45, 2.75) is 46.7 Å². The van der Waals surface area contributed by atoms with E-state index in [0.29, 0.717) is 19.5 Å². The lowest BCUT2D eigenvalue weighted by molar-refractivity contribution is -0.139. The summed E-state index contributed by atoms with van der Waals surface area (Å²) in [7, 11) is 1.65. The number of nitrogens with one attached hydrogen (secondary N) is 1. The van der Waals surface area contributed by atoms with Crippen LogP contribution in [0.2, 0.25) is 0 Å². The molecule has 0 bridgehead atoms. The van der Waals surface area contributed by atoms with E-state index >= 15 is 0 Å². The Morgan fingerprint density at radius 2 is 2.05 bits per heavy atom. The summed E-state index contributed by atoms with van der Waals surface area (Å²) in [4.78, 5) is 24.7. The molecule has 0 spiro atoms. The van der Waals surface area contributed by atoms with Gasteiger partial charge in [0, 0.05) is 19.3 Å². The molecule has 1 heterocycles. The molecule has 0 aliphatic heterocycles. The molecule has 2 N–H and O–H groups in total. The molecule has 0 unspecified atom stereocenters. The normalized spacial score (nSPS) is 12.3. The lowest BCUT2D eigenvalue weighted by Gasteiger charge is -2.22. The molecular weight excluding hydrogens is 284 g/mol. The predicted octanol–water partition coefficient (Wildman–Crippen LogP) is 1.64. The van der Waals surface area contributed by atoms with Crippen molar-refractivity contribution < 1.29 is 14.7 Å². The van der Waals surface area contributed by atoms with Gasteiger partial charge in [-0.05, 0) is 32.3 Å². The van der Waals surface area contributed by atoms with Crippen LogP contribution in [0.5, 0.6) is 0 Å². The summed E-state index contributed by atoms with van der Waals surface area (Å²) in [5.41, 5.74) is 1.97. The molecule has 0 aliphatic rings. The highest BCUT2D eigenvalue weighted by atomic mass is 16.4. The summed E-state index contributed by atoms with van der Waals surface area (Å²) in [6, 6.07) is 0.738. The SMILES string of the molecule is Cc1cc(C)n(CCN(C)C(=O)N[C@@H](CC(C)C)C(=O)O)n1. The van der Waals surface area contributed by atoms with Gasteiger partial charge in [0.15, 0.2) is 0 Å². The van der Waals surface area contributed by atoms with Gasteiger partial charge in [-0.15, -0.1) is 0 Å². The van der Waals surface area contributed by atoms with E-state index in [1.54, 1.807) is 7.05 Å². The summed E-state index contributed by atoms with van der Waals surface area (Å²) in [5.74, 6) is -0.810. The molecule has 2 amide bonds. The fraction of sp³-hybridized carbons (Fsp3) is 0.667. The first-order valence-corrected chi connectivity index (χ1v) is 7.46. The van der Waals surface area contributed by atoms with E-state index in [0.717, 1.165) is 11.4 Å². The van der Waals surface area contributed by atoms with Gasteiger partial charge < -0.3 is 15.3 Å². The second-order valence-corrected chi connectivity index (χ2v) is 6.04. The van der Waals surface area contributed by atoms with E-state index in [1.165, 1.54) is 4.90 Å². The second-order valence-electron chi connectivity index (χ2n) is 6.04. The number of amides is 2. The number of urea groups is 1. The third-order valence-corrected chi connectivity index (χ3v) is 3.40. The quantitative estimate of drug-likeness (QED) is 0.801. The lowest BCUT2D eigenvalue weighted by Crippen LogP contribution is -2.47. The van der Waals surface area contributed by atoms with Crippen LogP contribution in [0, 0.1) is 19.8 Å². The van der Waals surface area contributed by atoms with Gasteiger partial charge in [-0.3, -0.25) is 4.68 Å². The summed E-state index contributed by atoms with van der Waals surface area (Å²) in [6.45, 7) is 8.77. The molecule has 0 aliphatic carbocycles. The largest absolute Gasteiger partial charge is 0.480 e. The first kappa shape index (κ1) is 18.0. The zero-order valence-corrected chi connectivity index (χ0v) is 14.0. The van der Waals surface area contributed by atoms with Crippen molar-refractivity contribution in [3.63, 3.8) is 0 Å². The zero-order chi connectivity index (χ0) is 16.9. The van der Waals surface area contributed by atoms with Crippen LogP contribution in [0.1, 0.15) is 31.7 Å². The van der Waals surface area contributed by atoms with Crippen molar-refractivity contribution in [3.05, 3.63) is 17.5 Å². The van der Waals surface area contributed by atoms with Crippen molar-refractivity contribution in [3.8, 4) is 0 Å². The Labute approximate surface area is 131 Å². The Bertz CT molecular complexity index is 525. The van der Waals surface area contributed by atoms with E-state index in [4.69, 9.17) is 5.11 Å². The van der Waals surface area contributed by atoms with E-state index < -0.39 is 12.0 Å². The van der Waals surface area contributed by atoms with E-state index in [1.807, 2.05) is 38.4 Å². The van der Waals surface area contributed by atoms with E-state index in [2.05, 4.69) is 10.4 Å². The Morgan fingerprint density at radius 3 is 2.50 bits per heavy atom. The van der Waals surface area contributed by atoms with Crippen LogP contribution in [0.25, 0.3) is 0 Å². The number of carbonyl (C=O) groups is 2. The standard InChI is InChI=1S/C15H26N4O3/c1-10(2)8-13(14(20)21)16-15(22)18(5)6-7-19-12(4)9-11(3)17-19/h9-10,13H,6-8H2,1-5H3,(H,16,22)(H,20,21)/t13-/m0/s1. The van der Waals surface area contributed by atoms with Crippen LogP contribution in [-0.2, 0) is 11.3 Å². The van der Waals surface area contributed by atoms with Crippen LogP contribution in [0.15, 0.2) is 6.07 Å².